The number of alkyl carbamates (subject to hydrolysis) is 1. The Bertz CT molecular complexity index is 1100. The molecular formula is C29H31NO6. The maximum absolute atomic E-state index is 12.0. The van der Waals surface area contributed by atoms with Crippen LogP contribution in [0.1, 0.15) is 23.1 Å². The van der Waals surface area contributed by atoms with Crippen molar-refractivity contribution in [3.05, 3.63) is 108 Å². The van der Waals surface area contributed by atoms with Gasteiger partial charge in [0.15, 0.2) is 5.72 Å². The van der Waals surface area contributed by atoms with Crippen LogP contribution in [0.3, 0.4) is 0 Å². The lowest BCUT2D eigenvalue weighted by Gasteiger charge is -2.45. The molecule has 3 aromatic rings. The largest absolute Gasteiger partial charge is 0.444 e. The van der Waals surface area contributed by atoms with E-state index in [1.54, 1.807) is 0 Å². The number of hydrogen-bond acceptors (Lipinski definition) is 6. The summed E-state index contributed by atoms with van der Waals surface area (Å²) in [4.78, 5) is 12.0. The summed E-state index contributed by atoms with van der Waals surface area (Å²) in [7, 11) is 0. The molecule has 1 amide bonds. The van der Waals surface area contributed by atoms with Gasteiger partial charge in [-0.05, 0) is 16.7 Å². The fraction of sp³-hybridized carbons (Fsp3) is 0.345. The fourth-order valence-electron chi connectivity index (χ4n) is 4.61. The van der Waals surface area contributed by atoms with Gasteiger partial charge in [-0.15, -0.1) is 0 Å². The Labute approximate surface area is 211 Å². The second-order valence-corrected chi connectivity index (χ2v) is 9.15. The summed E-state index contributed by atoms with van der Waals surface area (Å²) in [6, 6.07) is 30.0. The number of hydrogen-bond donors (Lipinski definition) is 1. The molecule has 2 heterocycles. The normalized spacial score (nSPS) is 25.4. The molecule has 1 N–H and O–H groups in total. The lowest BCUT2D eigenvalue weighted by atomic mass is 9.93. The Kier molecular flexibility index (Phi) is 7.93. The summed E-state index contributed by atoms with van der Waals surface area (Å²) in [5, 5.41) is 2.86. The molecule has 0 aromatic heterocycles. The number of rotatable bonds is 10. The molecule has 2 aliphatic rings. The number of carbonyl (C=O) groups excluding carboxylic acids is 1. The second kappa shape index (κ2) is 11.7. The van der Waals surface area contributed by atoms with Crippen molar-refractivity contribution in [2.24, 2.45) is 0 Å². The summed E-state index contributed by atoms with van der Waals surface area (Å²) in [5.74, 6) is 0. The van der Waals surface area contributed by atoms with E-state index in [-0.39, 0.29) is 19.3 Å². The monoisotopic (exact) mass is 489 g/mol. The van der Waals surface area contributed by atoms with E-state index >= 15 is 0 Å². The first kappa shape index (κ1) is 24.5. The molecule has 36 heavy (non-hydrogen) atoms. The molecule has 7 nitrogen and oxygen atoms in total. The zero-order chi connectivity index (χ0) is 24.6. The van der Waals surface area contributed by atoms with Crippen LogP contribution in [-0.4, -0.2) is 43.3 Å². The van der Waals surface area contributed by atoms with Gasteiger partial charge in [0, 0.05) is 6.42 Å². The topological polar surface area (TPSA) is 75.3 Å². The third kappa shape index (κ3) is 6.30. The van der Waals surface area contributed by atoms with Gasteiger partial charge in [0.25, 0.3) is 0 Å². The average Bonchev–Trinajstić information content (AvgIpc) is 3.27. The van der Waals surface area contributed by atoms with Crippen LogP contribution in [0.15, 0.2) is 91.0 Å². The van der Waals surface area contributed by atoms with Crippen molar-refractivity contribution in [3.63, 3.8) is 0 Å². The van der Waals surface area contributed by atoms with Crippen molar-refractivity contribution < 1.29 is 28.5 Å². The highest BCUT2D eigenvalue weighted by Crippen LogP contribution is 2.35. The Balaban J connectivity index is 1.34. The number of amides is 1. The van der Waals surface area contributed by atoms with E-state index in [1.165, 1.54) is 0 Å². The van der Waals surface area contributed by atoms with Gasteiger partial charge >= 0.3 is 6.09 Å². The smallest absolute Gasteiger partial charge is 0.409 e. The highest BCUT2D eigenvalue weighted by atomic mass is 16.6. The lowest BCUT2D eigenvalue weighted by Crippen LogP contribution is -2.62. The average molecular weight is 490 g/mol. The van der Waals surface area contributed by atoms with Crippen LogP contribution >= 0.6 is 0 Å². The van der Waals surface area contributed by atoms with E-state index in [2.05, 4.69) is 5.32 Å². The van der Waals surface area contributed by atoms with Crippen LogP contribution in [0.2, 0.25) is 0 Å². The minimum absolute atomic E-state index is 0.109. The maximum atomic E-state index is 12.0. The van der Waals surface area contributed by atoms with Crippen LogP contribution in [0.5, 0.6) is 0 Å². The Morgan fingerprint density at radius 3 is 1.89 bits per heavy atom. The molecule has 7 heteroatoms. The molecule has 2 saturated heterocycles. The Morgan fingerprint density at radius 2 is 1.33 bits per heavy atom. The molecule has 5 rings (SSSR count). The number of cyclic esters (lactones) is 1. The predicted octanol–water partition coefficient (Wildman–Crippen LogP) is 4.60. The molecular weight excluding hydrogens is 458 g/mol. The van der Waals surface area contributed by atoms with Crippen LogP contribution in [-0.2, 0) is 43.5 Å². The molecule has 0 radical (unpaired) electrons. The first-order chi connectivity index (χ1) is 17.7. The van der Waals surface area contributed by atoms with Gasteiger partial charge in [0.1, 0.15) is 18.8 Å². The van der Waals surface area contributed by atoms with Crippen molar-refractivity contribution >= 4 is 6.09 Å². The second-order valence-electron chi connectivity index (χ2n) is 9.15. The van der Waals surface area contributed by atoms with Gasteiger partial charge < -0.3 is 23.7 Å². The van der Waals surface area contributed by atoms with Crippen molar-refractivity contribution in [2.75, 3.05) is 13.2 Å². The zero-order valence-corrected chi connectivity index (χ0v) is 20.1. The van der Waals surface area contributed by atoms with E-state index in [0.29, 0.717) is 26.2 Å². The van der Waals surface area contributed by atoms with Crippen molar-refractivity contribution in [2.45, 2.75) is 50.3 Å². The third-order valence-corrected chi connectivity index (χ3v) is 6.39. The molecule has 2 aliphatic heterocycles. The van der Waals surface area contributed by atoms with Gasteiger partial charge in [0.2, 0.25) is 0 Å². The van der Waals surface area contributed by atoms with E-state index < -0.39 is 24.0 Å². The zero-order valence-electron chi connectivity index (χ0n) is 20.1. The molecule has 0 aliphatic carbocycles. The van der Waals surface area contributed by atoms with Gasteiger partial charge in [0.05, 0.1) is 32.5 Å². The van der Waals surface area contributed by atoms with Gasteiger partial charge in [-0.1, -0.05) is 91.0 Å². The lowest BCUT2D eigenvalue weighted by molar-refractivity contribution is -0.257. The standard InChI is InChI=1S/C29H31NO6/c31-28-30-29(21-35-28)16-25(33-18-23-12-6-2-7-13-23)27(34-19-24-14-8-3-9-15-24)26(36-29)20-32-17-22-10-4-1-5-11-22/h1-15,25-27H,16-21H2,(H,30,31)/t25-,26-,27+,29+/m1/s1. The minimum Gasteiger partial charge on any atom is -0.444 e. The highest BCUT2D eigenvalue weighted by molar-refractivity contribution is 5.70. The molecule has 0 unspecified atom stereocenters. The number of carbonyl (C=O) groups is 1. The highest BCUT2D eigenvalue weighted by Gasteiger charge is 2.53. The van der Waals surface area contributed by atoms with Crippen molar-refractivity contribution in [1.29, 1.82) is 0 Å². The van der Waals surface area contributed by atoms with Crippen LogP contribution < -0.4 is 5.32 Å². The van der Waals surface area contributed by atoms with E-state index in [4.69, 9.17) is 23.7 Å². The number of ether oxygens (including phenoxy) is 5. The Morgan fingerprint density at radius 1 is 0.778 bits per heavy atom. The predicted molar refractivity (Wildman–Crippen MR) is 133 cm³/mol. The minimum atomic E-state index is -0.980. The van der Waals surface area contributed by atoms with Crippen LogP contribution in [0.25, 0.3) is 0 Å². The van der Waals surface area contributed by atoms with E-state index in [9.17, 15) is 4.79 Å². The van der Waals surface area contributed by atoms with E-state index in [0.717, 1.165) is 16.7 Å². The molecule has 1 spiro atoms. The molecule has 4 atom stereocenters. The summed E-state index contributed by atoms with van der Waals surface area (Å²) >= 11 is 0. The van der Waals surface area contributed by atoms with Crippen LogP contribution in [0, 0.1) is 0 Å². The van der Waals surface area contributed by atoms with Gasteiger partial charge in [-0.25, -0.2) is 4.79 Å². The molecule has 0 bridgehead atoms. The number of nitrogens with one attached hydrogen (secondary N) is 1. The summed E-state index contributed by atoms with van der Waals surface area (Å²) in [6.45, 7) is 1.65. The van der Waals surface area contributed by atoms with Crippen molar-refractivity contribution in [3.8, 4) is 0 Å². The van der Waals surface area contributed by atoms with Gasteiger partial charge in [-0.2, -0.15) is 0 Å². The molecule has 2 fully saturated rings. The fourth-order valence-corrected chi connectivity index (χ4v) is 4.61. The molecule has 188 valence electrons. The number of benzene rings is 3. The quantitative estimate of drug-likeness (QED) is 0.449. The third-order valence-electron chi connectivity index (χ3n) is 6.39. The first-order valence-corrected chi connectivity index (χ1v) is 12.2. The first-order valence-electron chi connectivity index (χ1n) is 12.2. The van der Waals surface area contributed by atoms with Crippen LogP contribution in [0.4, 0.5) is 4.79 Å². The Hall–Kier alpha value is -3.23. The summed E-state index contributed by atoms with van der Waals surface area (Å²) in [5.41, 5.74) is 2.20. The summed E-state index contributed by atoms with van der Waals surface area (Å²) < 4.78 is 30.6. The molecule has 3 aromatic carbocycles. The summed E-state index contributed by atoms with van der Waals surface area (Å²) in [6.07, 6.45) is -1.33. The van der Waals surface area contributed by atoms with Crippen molar-refractivity contribution in [1.82, 2.24) is 5.32 Å². The van der Waals surface area contributed by atoms with E-state index in [1.807, 2.05) is 91.0 Å². The van der Waals surface area contributed by atoms with Gasteiger partial charge in [-0.3, -0.25) is 5.32 Å². The SMILES string of the molecule is O=C1N[C@@]2(CO1)C[C@@H](OCc1ccccc1)[C@H](OCc1ccccc1)[C@@H](COCc1ccccc1)O2. The molecule has 0 saturated carbocycles. The maximum Gasteiger partial charge on any atom is 0.409 e.